The minimum atomic E-state index is -4.27. The highest BCUT2D eigenvalue weighted by Gasteiger charge is 2.26. The fourth-order valence-corrected chi connectivity index (χ4v) is 5.38. The van der Waals surface area contributed by atoms with Crippen molar-refractivity contribution in [1.82, 2.24) is 0 Å². The Morgan fingerprint density at radius 3 is 1.78 bits per heavy atom. The summed E-state index contributed by atoms with van der Waals surface area (Å²) in [6.45, 7) is 5.37. The molecule has 2 unspecified atom stereocenters. The second kappa shape index (κ2) is 33.3. The molecule has 0 saturated heterocycles. The van der Waals surface area contributed by atoms with Crippen LogP contribution in [0.5, 0.6) is 0 Å². The lowest BCUT2D eigenvalue weighted by molar-refractivity contribution is -0.870. The summed E-state index contributed by atoms with van der Waals surface area (Å²) in [5.41, 5.74) is 0. The van der Waals surface area contributed by atoms with E-state index in [-0.39, 0.29) is 25.8 Å². The molecule has 0 amide bonds. The molecule has 284 valence electrons. The Kier molecular flexibility index (Phi) is 32.1. The molecule has 0 aliphatic rings. The average Bonchev–Trinajstić information content (AvgIpc) is 3.04. The van der Waals surface area contributed by atoms with Crippen molar-refractivity contribution in [2.45, 2.75) is 136 Å². The maximum Gasteiger partial charge on any atom is 0.472 e. The van der Waals surface area contributed by atoms with Crippen LogP contribution in [0.1, 0.15) is 129 Å². The van der Waals surface area contributed by atoms with Crippen LogP contribution in [0.3, 0.4) is 0 Å². The van der Waals surface area contributed by atoms with Crippen molar-refractivity contribution in [2.75, 3.05) is 54.1 Å². The second-order valence-electron chi connectivity index (χ2n) is 13.6. The van der Waals surface area contributed by atoms with E-state index in [0.717, 1.165) is 83.5 Å². The lowest BCUT2D eigenvalue weighted by Gasteiger charge is -2.24. The molecule has 0 aromatic carbocycles. The number of allylic oxidation sites excluding steroid dienone is 10. The van der Waals surface area contributed by atoms with Crippen molar-refractivity contribution in [3.05, 3.63) is 60.8 Å². The summed E-state index contributed by atoms with van der Waals surface area (Å²) in [5.74, 6) is -0.334. The monoisotopic (exact) mass is 711 g/mol. The van der Waals surface area contributed by atoms with Crippen molar-refractivity contribution in [1.29, 1.82) is 0 Å². The molecular formula is C40H73NO7P+. The normalized spacial score (nSPS) is 14.7. The van der Waals surface area contributed by atoms with Crippen molar-refractivity contribution in [3.63, 3.8) is 0 Å². The van der Waals surface area contributed by atoms with E-state index >= 15 is 0 Å². The molecule has 0 aliphatic carbocycles. The number of hydrogen-bond acceptors (Lipinski definition) is 6. The van der Waals surface area contributed by atoms with Gasteiger partial charge in [-0.3, -0.25) is 13.8 Å². The lowest BCUT2D eigenvalue weighted by atomic mass is 10.1. The van der Waals surface area contributed by atoms with Crippen molar-refractivity contribution in [3.8, 4) is 0 Å². The summed E-state index contributed by atoms with van der Waals surface area (Å²) in [5, 5.41) is 0. The predicted molar refractivity (Wildman–Crippen MR) is 205 cm³/mol. The zero-order valence-corrected chi connectivity index (χ0v) is 32.8. The van der Waals surface area contributed by atoms with Crippen LogP contribution in [0.4, 0.5) is 0 Å². The largest absolute Gasteiger partial charge is 0.472 e. The zero-order chi connectivity index (χ0) is 36.3. The molecule has 1 N–H and O–H groups in total. The van der Waals surface area contributed by atoms with Gasteiger partial charge in [-0.15, -0.1) is 0 Å². The van der Waals surface area contributed by atoms with Gasteiger partial charge in [-0.25, -0.2) is 4.57 Å². The van der Waals surface area contributed by atoms with Crippen LogP contribution in [0.2, 0.25) is 0 Å². The third kappa shape index (κ3) is 37.3. The van der Waals surface area contributed by atoms with Gasteiger partial charge in [0.15, 0.2) is 0 Å². The molecule has 0 fully saturated rings. The minimum absolute atomic E-state index is 0.0809. The number of unbranched alkanes of at least 4 members (excludes halogenated alkanes) is 10. The van der Waals surface area contributed by atoms with Gasteiger partial charge in [-0.2, -0.15) is 0 Å². The number of ether oxygens (including phenoxy) is 2. The maximum absolute atomic E-state index is 12.5. The van der Waals surface area contributed by atoms with Crippen LogP contribution in [0.25, 0.3) is 0 Å². The second-order valence-corrected chi connectivity index (χ2v) is 15.0. The Morgan fingerprint density at radius 2 is 1.18 bits per heavy atom. The van der Waals surface area contributed by atoms with E-state index in [1.807, 2.05) is 21.1 Å². The fourth-order valence-electron chi connectivity index (χ4n) is 4.64. The van der Waals surface area contributed by atoms with Crippen LogP contribution in [-0.2, 0) is 27.9 Å². The summed E-state index contributed by atoms with van der Waals surface area (Å²) in [6, 6.07) is 0. The van der Waals surface area contributed by atoms with Gasteiger partial charge in [0.25, 0.3) is 0 Å². The summed E-state index contributed by atoms with van der Waals surface area (Å²) >= 11 is 0. The first-order chi connectivity index (χ1) is 23.6. The number of esters is 1. The number of quaternary nitrogens is 1. The molecule has 0 aromatic rings. The number of carbonyl (C=O) groups is 1. The van der Waals surface area contributed by atoms with Gasteiger partial charge < -0.3 is 18.9 Å². The van der Waals surface area contributed by atoms with Crippen LogP contribution < -0.4 is 0 Å². The highest BCUT2D eigenvalue weighted by Crippen LogP contribution is 2.43. The van der Waals surface area contributed by atoms with E-state index in [2.05, 4.69) is 74.6 Å². The predicted octanol–water partition coefficient (Wildman–Crippen LogP) is 10.6. The van der Waals surface area contributed by atoms with Gasteiger partial charge in [-0.05, 0) is 57.8 Å². The molecule has 9 heteroatoms. The smallest absolute Gasteiger partial charge is 0.457 e. The van der Waals surface area contributed by atoms with Gasteiger partial charge in [0, 0.05) is 13.0 Å². The van der Waals surface area contributed by atoms with E-state index in [9.17, 15) is 14.3 Å². The van der Waals surface area contributed by atoms with Crippen LogP contribution in [-0.4, -0.2) is 75.6 Å². The molecule has 2 atom stereocenters. The Balaban J connectivity index is 4.25. The summed E-state index contributed by atoms with van der Waals surface area (Å²) < 4.78 is 34.7. The summed E-state index contributed by atoms with van der Waals surface area (Å²) in [7, 11) is 1.64. The van der Waals surface area contributed by atoms with Gasteiger partial charge >= 0.3 is 13.8 Å². The number of phosphoric ester groups is 1. The Bertz CT molecular complexity index is 968. The average molecular weight is 711 g/mol. The number of phosphoric acid groups is 1. The van der Waals surface area contributed by atoms with Gasteiger partial charge in [0.05, 0.1) is 34.4 Å². The summed E-state index contributed by atoms with van der Waals surface area (Å²) in [6.07, 6.45) is 39.8. The fraction of sp³-hybridized carbons (Fsp3) is 0.725. The van der Waals surface area contributed by atoms with Gasteiger partial charge in [-0.1, -0.05) is 126 Å². The van der Waals surface area contributed by atoms with Crippen LogP contribution in [0, 0.1) is 0 Å². The minimum Gasteiger partial charge on any atom is -0.457 e. The van der Waals surface area contributed by atoms with Crippen molar-refractivity contribution in [2.24, 2.45) is 0 Å². The molecule has 0 aliphatic heterocycles. The molecule has 49 heavy (non-hydrogen) atoms. The van der Waals surface area contributed by atoms with E-state index in [0.29, 0.717) is 24.1 Å². The SMILES string of the molecule is CC/C=C\C/C=C\C/C=C\C/C=C\C/C=C\CCCCCCOCC(COP(=O)(O)OCC[N+](C)(C)C)OC(=O)CCCCCCCCC. The number of hydrogen-bond donors (Lipinski definition) is 1. The molecule has 0 bridgehead atoms. The third-order valence-corrected chi connectivity index (χ3v) is 8.58. The highest BCUT2D eigenvalue weighted by atomic mass is 31.2. The van der Waals surface area contributed by atoms with Crippen molar-refractivity contribution < 1.29 is 37.3 Å². The Labute approximate surface area is 300 Å². The molecule has 8 nitrogen and oxygen atoms in total. The third-order valence-electron chi connectivity index (χ3n) is 7.59. The molecule has 0 radical (unpaired) electrons. The van der Waals surface area contributed by atoms with Crippen LogP contribution >= 0.6 is 7.82 Å². The first kappa shape index (κ1) is 47.2. The maximum atomic E-state index is 12.5. The quantitative estimate of drug-likeness (QED) is 0.0234. The molecule has 0 heterocycles. The van der Waals surface area contributed by atoms with Gasteiger partial charge in [0.1, 0.15) is 19.3 Å². The highest BCUT2D eigenvalue weighted by molar-refractivity contribution is 7.47. The number of likely N-dealkylation sites (N-methyl/N-ethyl adjacent to an activating group) is 1. The van der Waals surface area contributed by atoms with Gasteiger partial charge in [0.2, 0.25) is 0 Å². The standard InChI is InChI=1S/C40H72NO7P/c1-6-8-10-12-14-15-16-17-18-19-20-21-22-23-24-25-26-28-30-32-35-45-37-39(38-47-49(43,44)46-36-34-41(3,4)5)48-40(42)33-31-29-27-13-11-9-7-2/h8,10,14-15,17-18,20-21,23-24,39H,6-7,9,11-13,16,19,22,25-38H2,1-5H3/p+1/b10-8-,15-14-,18-17-,21-20-,24-23-. The van der Waals surface area contributed by atoms with E-state index < -0.39 is 13.9 Å². The Morgan fingerprint density at radius 1 is 0.653 bits per heavy atom. The summed E-state index contributed by atoms with van der Waals surface area (Å²) in [4.78, 5) is 22.6. The van der Waals surface area contributed by atoms with Crippen molar-refractivity contribution >= 4 is 13.8 Å². The number of rotatable bonds is 34. The molecule has 0 saturated carbocycles. The molecule has 0 rings (SSSR count). The molecular weight excluding hydrogens is 637 g/mol. The zero-order valence-electron chi connectivity index (χ0n) is 31.9. The van der Waals surface area contributed by atoms with E-state index in [1.54, 1.807) is 0 Å². The lowest BCUT2D eigenvalue weighted by Crippen LogP contribution is -2.37. The van der Waals surface area contributed by atoms with Crippen LogP contribution in [0.15, 0.2) is 60.8 Å². The number of carbonyl (C=O) groups excluding carboxylic acids is 1. The first-order valence-electron chi connectivity index (χ1n) is 19.0. The number of nitrogens with zero attached hydrogens (tertiary/aromatic N) is 1. The topological polar surface area (TPSA) is 91.3 Å². The van der Waals surface area contributed by atoms with E-state index in [1.165, 1.54) is 25.7 Å². The Hall–Kier alpha value is -1.80. The van der Waals surface area contributed by atoms with E-state index in [4.69, 9.17) is 18.5 Å². The first-order valence-corrected chi connectivity index (χ1v) is 20.5. The molecule has 0 aromatic heterocycles. The molecule has 0 spiro atoms.